The van der Waals surface area contributed by atoms with Crippen molar-refractivity contribution in [1.29, 1.82) is 0 Å². The molecule has 2 N–H and O–H groups in total. The summed E-state index contributed by atoms with van der Waals surface area (Å²) in [5.74, 6) is 0. The van der Waals surface area contributed by atoms with Crippen LogP contribution in [0.2, 0.25) is 0 Å². The van der Waals surface area contributed by atoms with E-state index in [2.05, 4.69) is 20.8 Å². The highest BCUT2D eigenvalue weighted by Crippen LogP contribution is 2.32. The molecule has 0 spiro atoms. The zero-order valence-electron chi connectivity index (χ0n) is 10.7. The van der Waals surface area contributed by atoms with Crippen LogP contribution in [0, 0.1) is 10.1 Å². The summed E-state index contributed by atoms with van der Waals surface area (Å²) in [6, 6.07) is 4.58. The Morgan fingerprint density at radius 1 is 1.47 bits per heavy atom. The molecule has 0 atom stereocenters. The summed E-state index contributed by atoms with van der Waals surface area (Å²) in [5, 5.41) is 10.6. The Bertz CT molecular complexity index is 430. The van der Waals surface area contributed by atoms with Crippen LogP contribution in [0.25, 0.3) is 0 Å². The van der Waals surface area contributed by atoms with Crippen LogP contribution in [0.3, 0.4) is 0 Å². The van der Waals surface area contributed by atoms with E-state index in [4.69, 9.17) is 5.73 Å². The summed E-state index contributed by atoms with van der Waals surface area (Å²) < 4.78 is 0. The second-order valence-corrected chi connectivity index (χ2v) is 4.73. The van der Waals surface area contributed by atoms with Gasteiger partial charge >= 0.3 is 0 Å². The first-order valence-electron chi connectivity index (χ1n) is 5.57. The van der Waals surface area contributed by atoms with Gasteiger partial charge in [-0.2, -0.15) is 0 Å². The molecule has 1 aromatic rings. The molecule has 1 aromatic carbocycles. The number of rotatable bonds is 4. The van der Waals surface area contributed by atoms with Gasteiger partial charge in [0.05, 0.1) is 16.3 Å². The summed E-state index contributed by atoms with van der Waals surface area (Å²) in [6.45, 7) is 6.31. The number of non-ortho nitro benzene ring substituents is 1. The number of benzene rings is 1. The smallest absolute Gasteiger partial charge is 0.271 e. The highest BCUT2D eigenvalue weighted by molar-refractivity contribution is 5.71. The van der Waals surface area contributed by atoms with Gasteiger partial charge in [-0.3, -0.25) is 10.1 Å². The highest BCUT2D eigenvalue weighted by Gasteiger charge is 2.23. The van der Waals surface area contributed by atoms with E-state index >= 15 is 0 Å². The molecule has 0 fully saturated rings. The third-order valence-corrected chi connectivity index (χ3v) is 3.36. The quantitative estimate of drug-likeness (QED) is 0.496. The van der Waals surface area contributed by atoms with Gasteiger partial charge in [-0.25, -0.2) is 0 Å². The van der Waals surface area contributed by atoms with Gasteiger partial charge in [-0.05, 0) is 26.3 Å². The molecule has 0 aromatic heterocycles. The molecule has 0 aliphatic carbocycles. The standard InChI is InChI=1S/C12H19N3O2/c1-5-12(2,3)14(4)11-7-6-9(15(16)17)8-10(11)13/h6-8H,5,13H2,1-4H3. The van der Waals surface area contributed by atoms with Gasteiger partial charge in [0.2, 0.25) is 0 Å². The van der Waals surface area contributed by atoms with Crippen molar-refractivity contribution in [3.63, 3.8) is 0 Å². The van der Waals surface area contributed by atoms with Crippen molar-refractivity contribution in [3.8, 4) is 0 Å². The van der Waals surface area contributed by atoms with Gasteiger partial charge in [0.15, 0.2) is 0 Å². The fraction of sp³-hybridized carbons (Fsp3) is 0.500. The Morgan fingerprint density at radius 2 is 2.06 bits per heavy atom. The van der Waals surface area contributed by atoms with E-state index in [1.54, 1.807) is 6.07 Å². The van der Waals surface area contributed by atoms with Gasteiger partial charge in [-0.1, -0.05) is 6.92 Å². The molecule has 0 bridgehead atoms. The molecule has 0 aliphatic heterocycles. The number of anilines is 2. The van der Waals surface area contributed by atoms with E-state index in [1.165, 1.54) is 12.1 Å². The molecule has 1 rings (SSSR count). The molecule has 5 nitrogen and oxygen atoms in total. The summed E-state index contributed by atoms with van der Waals surface area (Å²) in [5.41, 5.74) is 7.11. The minimum atomic E-state index is -0.439. The third-order valence-electron chi connectivity index (χ3n) is 3.36. The maximum atomic E-state index is 10.6. The van der Waals surface area contributed by atoms with Gasteiger partial charge in [0.25, 0.3) is 5.69 Å². The van der Waals surface area contributed by atoms with Crippen molar-refractivity contribution in [2.45, 2.75) is 32.7 Å². The zero-order chi connectivity index (χ0) is 13.2. The van der Waals surface area contributed by atoms with Crippen molar-refractivity contribution in [1.82, 2.24) is 0 Å². The van der Waals surface area contributed by atoms with Crippen LogP contribution in [0.4, 0.5) is 17.1 Å². The lowest BCUT2D eigenvalue weighted by molar-refractivity contribution is -0.384. The van der Waals surface area contributed by atoms with Gasteiger partial charge in [0.1, 0.15) is 0 Å². The summed E-state index contributed by atoms with van der Waals surface area (Å²) >= 11 is 0. The maximum Gasteiger partial charge on any atom is 0.271 e. The minimum Gasteiger partial charge on any atom is -0.397 e. The Balaban J connectivity index is 3.12. The first kappa shape index (κ1) is 13.3. The van der Waals surface area contributed by atoms with Gasteiger partial charge in [0, 0.05) is 24.7 Å². The van der Waals surface area contributed by atoms with E-state index in [1.807, 2.05) is 11.9 Å². The van der Waals surface area contributed by atoms with Crippen molar-refractivity contribution in [2.75, 3.05) is 17.7 Å². The lowest BCUT2D eigenvalue weighted by Gasteiger charge is -2.37. The molecular formula is C12H19N3O2. The van der Waals surface area contributed by atoms with Crippen LogP contribution < -0.4 is 10.6 Å². The minimum absolute atomic E-state index is 0.0222. The number of nitrogen functional groups attached to an aromatic ring is 1. The zero-order valence-corrected chi connectivity index (χ0v) is 10.7. The molecule has 0 amide bonds. The summed E-state index contributed by atoms with van der Waals surface area (Å²) in [4.78, 5) is 12.2. The van der Waals surface area contributed by atoms with E-state index in [0.29, 0.717) is 5.69 Å². The first-order valence-corrected chi connectivity index (χ1v) is 5.57. The van der Waals surface area contributed by atoms with Crippen LogP contribution in [-0.4, -0.2) is 17.5 Å². The van der Waals surface area contributed by atoms with E-state index in [0.717, 1.165) is 12.1 Å². The Labute approximate surface area is 101 Å². The van der Waals surface area contributed by atoms with E-state index < -0.39 is 4.92 Å². The lowest BCUT2D eigenvalue weighted by atomic mass is 9.99. The molecule has 0 aliphatic rings. The largest absolute Gasteiger partial charge is 0.397 e. The second kappa shape index (κ2) is 4.61. The van der Waals surface area contributed by atoms with Crippen LogP contribution in [0.5, 0.6) is 0 Å². The van der Waals surface area contributed by atoms with Crippen molar-refractivity contribution in [2.24, 2.45) is 0 Å². The van der Waals surface area contributed by atoms with Crippen LogP contribution in [0.1, 0.15) is 27.2 Å². The Hall–Kier alpha value is -1.78. The predicted octanol–water partition coefficient (Wildman–Crippen LogP) is 2.80. The first-order chi connectivity index (χ1) is 7.79. The number of nitro benzene ring substituents is 1. The molecule has 0 saturated carbocycles. The van der Waals surface area contributed by atoms with Crippen LogP contribution >= 0.6 is 0 Å². The molecule has 5 heteroatoms. The third kappa shape index (κ3) is 2.67. The van der Waals surface area contributed by atoms with E-state index in [-0.39, 0.29) is 11.2 Å². The highest BCUT2D eigenvalue weighted by atomic mass is 16.6. The average molecular weight is 237 g/mol. The fourth-order valence-corrected chi connectivity index (χ4v) is 1.52. The molecule has 0 radical (unpaired) electrons. The Kier molecular flexibility index (Phi) is 3.60. The topological polar surface area (TPSA) is 72.4 Å². The molecule has 0 saturated heterocycles. The molecule has 17 heavy (non-hydrogen) atoms. The van der Waals surface area contributed by atoms with Gasteiger partial charge in [-0.15, -0.1) is 0 Å². The van der Waals surface area contributed by atoms with Crippen LogP contribution in [-0.2, 0) is 0 Å². The normalized spacial score (nSPS) is 11.3. The molecular weight excluding hydrogens is 218 g/mol. The summed E-state index contributed by atoms with van der Waals surface area (Å²) in [6.07, 6.45) is 0.958. The number of hydrogen-bond acceptors (Lipinski definition) is 4. The number of hydrogen-bond donors (Lipinski definition) is 1. The maximum absolute atomic E-state index is 10.6. The molecule has 94 valence electrons. The monoisotopic (exact) mass is 237 g/mol. The molecule has 0 heterocycles. The predicted molar refractivity (Wildman–Crippen MR) is 70.3 cm³/mol. The van der Waals surface area contributed by atoms with Crippen molar-refractivity contribution in [3.05, 3.63) is 28.3 Å². The Morgan fingerprint density at radius 3 is 2.47 bits per heavy atom. The lowest BCUT2D eigenvalue weighted by Crippen LogP contribution is -2.40. The average Bonchev–Trinajstić information content (AvgIpc) is 2.27. The van der Waals surface area contributed by atoms with Crippen LogP contribution in [0.15, 0.2) is 18.2 Å². The van der Waals surface area contributed by atoms with Crippen molar-refractivity contribution < 1.29 is 4.92 Å². The molecule has 0 unspecified atom stereocenters. The number of nitrogens with two attached hydrogens (primary N) is 1. The van der Waals surface area contributed by atoms with Gasteiger partial charge < -0.3 is 10.6 Å². The number of nitro groups is 1. The number of nitrogens with zero attached hydrogens (tertiary/aromatic N) is 2. The fourth-order valence-electron chi connectivity index (χ4n) is 1.52. The summed E-state index contributed by atoms with van der Waals surface area (Å²) in [7, 11) is 1.95. The SMILES string of the molecule is CCC(C)(C)N(C)c1ccc([N+](=O)[O-])cc1N. The van der Waals surface area contributed by atoms with E-state index in [9.17, 15) is 10.1 Å². The van der Waals surface area contributed by atoms with Crippen molar-refractivity contribution >= 4 is 17.1 Å². The second-order valence-electron chi connectivity index (χ2n) is 4.73.